The first-order valence-corrected chi connectivity index (χ1v) is 6.75. The van der Waals surface area contributed by atoms with E-state index in [0.717, 1.165) is 17.1 Å². The van der Waals surface area contributed by atoms with Gasteiger partial charge in [0.15, 0.2) is 5.84 Å². The Hall–Kier alpha value is -3.47. The second-order valence-corrected chi connectivity index (χ2v) is 4.77. The van der Waals surface area contributed by atoms with Gasteiger partial charge >= 0.3 is 0 Å². The van der Waals surface area contributed by atoms with E-state index < -0.39 is 0 Å². The molecule has 0 aliphatic heterocycles. The van der Waals surface area contributed by atoms with Crippen LogP contribution in [0.2, 0.25) is 0 Å². The van der Waals surface area contributed by atoms with Crippen LogP contribution in [-0.4, -0.2) is 21.5 Å². The quantitative estimate of drug-likeness (QED) is 0.379. The number of hydrogen-bond donors (Lipinski definition) is 4. The van der Waals surface area contributed by atoms with Crippen molar-refractivity contribution in [1.82, 2.24) is 9.97 Å². The highest BCUT2D eigenvalue weighted by atomic mass is 15.3. The molecule has 1 heterocycles. The number of nitrogens with zero attached hydrogens (tertiary/aromatic N) is 4. The molecule has 116 valence electrons. The third-order valence-corrected chi connectivity index (χ3v) is 2.78. The maximum Gasteiger partial charge on any atom is 0.227 e. The summed E-state index contributed by atoms with van der Waals surface area (Å²) in [6.07, 6.45) is 0. The number of aryl methyl sites for hydroxylation is 2. The summed E-state index contributed by atoms with van der Waals surface area (Å²) in [7, 11) is 0. The van der Waals surface area contributed by atoms with Crippen LogP contribution in [0.5, 0.6) is 0 Å². The van der Waals surface area contributed by atoms with Gasteiger partial charge in [0.2, 0.25) is 11.7 Å². The average molecular weight is 308 g/mol. The first-order chi connectivity index (χ1) is 11.0. The molecule has 2 rings (SSSR count). The van der Waals surface area contributed by atoms with Gasteiger partial charge in [0.25, 0.3) is 0 Å². The van der Waals surface area contributed by atoms with E-state index in [1.807, 2.05) is 32.0 Å². The molecule has 0 atom stereocenters. The maximum absolute atomic E-state index is 8.76. The van der Waals surface area contributed by atoms with Gasteiger partial charge in [-0.05, 0) is 44.2 Å². The van der Waals surface area contributed by atoms with Crippen LogP contribution in [0.1, 0.15) is 11.4 Å². The summed E-state index contributed by atoms with van der Waals surface area (Å²) in [5.74, 6) is 0.148. The monoisotopic (exact) mass is 308 g/mol. The van der Waals surface area contributed by atoms with Gasteiger partial charge in [-0.3, -0.25) is 10.8 Å². The number of amidine groups is 1. The Kier molecular flexibility index (Phi) is 4.84. The molecule has 23 heavy (non-hydrogen) atoms. The lowest BCUT2D eigenvalue weighted by Crippen LogP contribution is -2.21. The minimum atomic E-state index is -0.384. The van der Waals surface area contributed by atoms with E-state index in [0.29, 0.717) is 11.6 Å². The summed E-state index contributed by atoms with van der Waals surface area (Å²) in [4.78, 5) is 8.62. The second-order valence-electron chi connectivity index (χ2n) is 4.77. The van der Waals surface area contributed by atoms with Crippen LogP contribution in [-0.2, 0) is 0 Å². The zero-order valence-corrected chi connectivity index (χ0v) is 12.8. The molecule has 0 unspecified atom stereocenters. The molecule has 1 aromatic carbocycles. The smallest absolute Gasteiger partial charge is 0.227 e. The molecular weight excluding hydrogens is 292 g/mol. The van der Waals surface area contributed by atoms with E-state index in [2.05, 4.69) is 25.8 Å². The zero-order valence-electron chi connectivity index (χ0n) is 12.8. The molecule has 0 aliphatic rings. The fourth-order valence-corrected chi connectivity index (χ4v) is 1.80. The third kappa shape index (κ3) is 4.50. The standard InChI is InChI=1S/C15H16N8/c1-9-7-10(2)20-15(19-9)21-11-3-5-12(6-4-11)22-23-13(8-16)14(17)18/h3-7,22H,1-2H3,(H3,17,18)(H,19,20,21)/b23-13+. The molecule has 0 saturated carbocycles. The van der Waals surface area contributed by atoms with E-state index >= 15 is 0 Å². The van der Waals surface area contributed by atoms with Gasteiger partial charge < -0.3 is 11.1 Å². The molecule has 8 nitrogen and oxygen atoms in total. The van der Waals surface area contributed by atoms with Crippen molar-refractivity contribution in [2.45, 2.75) is 13.8 Å². The van der Waals surface area contributed by atoms with Crippen LogP contribution in [0.4, 0.5) is 17.3 Å². The number of benzene rings is 1. The molecule has 2 aromatic rings. The molecule has 8 heteroatoms. The number of hydrogen-bond acceptors (Lipinski definition) is 7. The first-order valence-electron chi connectivity index (χ1n) is 6.75. The van der Waals surface area contributed by atoms with Gasteiger partial charge in [0.05, 0.1) is 5.69 Å². The number of rotatable bonds is 5. The number of nitriles is 1. The van der Waals surface area contributed by atoms with Crippen LogP contribution >= 0.6 is 0 Å². The predicted octanol–water partition coefficient (Wildman–Crippen LogP) is 2.06. The van der Waals surface area contributed by atoms with Crippen molar-refractivity contribution < 1.29 is 0 Å². The number of aromatic nitrogens is 2. The Morgan fingerprint density at radius 1 is 1.17 bits per heavy atom. The van der Waals surface area contributed by atoms with Crippen LogP contribution in [0.25, 0.3) is 0 Å². The topological polar surface area (TPSA) is 136 Å². The van der Waals surface area contributed by atoms with Crippen molar-refractivity contribution >= 4 is 28.9 Å². The molecule has 0 bridgehead atoms. The van der Waals surface area contributed by atoms with E-state index in [1.54, 1.807) is 18.2 Å². The lowest BCUT2D eigenvalue weighted by Gasteiger charge is -2.07. The fraction of sp³-hybridized carbons (Fsp3) is 0.133. The molecule has 1 aromatic heterocycles. The normalized spacial score (nSPS) is 10.7. The van der Waals surface area contributed by atoms with Gasteiger partial charge in [0.1, 0.15) is 6.07 Å². The van der Waals surface area contributed by atoms with Gasteiger partial charge in [0, 0.05) is 17.1 Å². The summed E-state index contributed by atoms with van der Waals surface area (Å²) >= 11 is 0. The Bertz CT molecular complexity index is 766. The minimum absolute atomic E-state index is 0.171. The fourth-order valence-electron chi connectivity index (χ4n) is 1.80. The Labute approximate surface area is 133 Å². The van der Waals surface area contributed by atoms with Crippen LogP contribution in [0.3, 0.4) is 0 Å². The summed E-state index contributed by atoms with van der Waals surface area (Å²) in [6, 6.07) is 10.8. The summed E-state index contributed by atoms with van der Waals surface area (Å²) in [5.41, 5.74) is 11.0. The van der Waals surface area contributed by atoms with Gasteiger partial charge in [-0.1, -0.05) is 0 Å². The highest BCUT2D eigenvalue weighted by Gasteiger charge is 2.02. The van der Waals surface area contributed by atoms with Gasteiger partial charge in [-0.25, -0.2) is 9.97 Å². The number of nitrogens with two attached hydrogens (primary N) is 1. The summed E-state index contributed by atoms with van der Waals surface area (Å²) in [5, 5.41) is 22.8. The SMILES string of the molecule is Cc1cc(C)nc(Nc2ccc(N/N=C(\C#N)C(=N)N)cc2)n1. The van der Waals surface area contributed by atoms with Crippen LogP contribution < -0.4 is 16.5 Å². The Balaban J connectivity index is 2.08. The zero-order chi connectivity index (χ0) is 16.8. The molecule has 0 fully saturated rings. The van der Waals surface area contributed by atoms with Crippen LogP contribution in [0, 0.1) is 30.6 Å². The molecule has 0 saturated heterocycles. The average Bonchev–Trinajstić information content (AvgIpc) is 2.48. The molecular formula is C15H16N8. The van der Waals surface area contributed by atoms with E-state index in [9.17, 15) is 0 Å². The first kappa shape index (κ1) is 15.9. The molecule has 0 radical (unpaired) electrons. The molecule has 0 aliphatic carbocycles. The van der Waals surface area contributed by atoms with E-state index in [-0.39, 0.29) is 11.5 Å². The van der Waals surface area contributed by atoms with Crippen molar-refractivity contribution in [1.29, 1.82) is 10.7 Å². The van der Waals surface area contributed by atoms with E-state index in [4.69, 9.17) is 16.4 Å². The highest BCUT2D eigenvalue weighted by molar-refractivity contribution is 6.45. The van der Waals surface area contributed by atoms with Crippen molar-refractivity contribution in [3.8, 4) is 6.07 Å². The molecule has 5 N–H and O–H groups in total. The maximum atomic E-state index is 8.76. The lowest BCUT2D eigenvalue weighted by atomic mass is 10.3. The van der Waals surface area contributed by atoms with Crippen molar-refractivity contribution in [2.75, 3.05) is 10.7 Å². The van der Waals surface area contributed by atoms with Crippen molar-refractivity contribution in [3.63, 3.8) is 0 Å². The van der Waals surface area contributed by atoms with Crippen LogP contribution in [0.15, 0.2) is 35.4 Å². The number of anilines is 3. The number of nitrogens with one attached hydrogen (secondary N) is 3. The van der Waals surface area contributed by atoms with Gasteiger partial charge in [-0.15, -0.1) is 0 Å². The highest BCUT2D eigenvalue weighted by Crippen LogP contribution is 2.17. The van der Waals surface area contributed by atoms with Crippen molar-refractivity contribution in [3.05, 3.63) is 41.7 Å². The minimum Gasteiger partial charge on any atom is -0.382 e. The van der Waals surface area contributed by atoms with Gasteiger partial charge in [-0.2, -0.15) is 10.4 Å². The summed E-state index contributed by atoms with van der Waals surface area (Å²) < 4.78 is 0. The molecule has 0 spiro atoms. The predicted molar refractivity (Wildman–Crippen MR) is 89.8 cm³/mol. The summed E-state index contributed by atoms with van der Waals surface area (Å²) in [6.45, 7) is 3.82. The lowest BCUT2D eigenvalue weighted by molar-refractivity contribution is 1.06. The Morgan fingerprint density at radius 2 is 1.74 bits per heavy atom. The largest absolute Gasteiger partial charge is 0.382 e. The Morgan fingerprint density at radius 3 is 2.26 bits per heavy atom. The number of hydrazone groups is 1. The van der Waals surface area contributed by atoms with E-state index in [1.165, 1.54) is 0 Å². The second kappa shape index (κ2) is 7.00. The van der Waals surface area contributed by atoms with Crippen molar-refractivity contribution in [2.24, 2.45) is 10.8 Å². The molecule has 0 amide bonds. The third-order valence-electron chi connectivity index (χ3n) is 2.78.